The van der Waals surface area contributed by atoms with Gasteiger partial charge in [-0.15, -0.1) is 0 Å². The minimum Gasteiger partial charge on any atom is -0.507 e. The molecular formula is C31H33NO6. The number of Topliss-reactive ketones (excluding diaryl/α,β-unsaturated/α-hetero) is 1. The van der Waals surface area contributed by atoms with Crippen molar-refractivity contribution in [3.63, 3.8) is 0 Å². The standard InChI is InChI=1S/C31H33NO6/c1-19(2)38-26-15-10-23(18-20(26)3)29(33)27-28(22-8-13-25(37-5)14-9-22)32(31(35)30(27)34)17-16-21-6-11-24(36-4)12-7-21/h6-15,18-19,28,33H,16-17H2,1-5H3/b29-27-. The number of hydrogen-bond donors (Lipinski definition) is 1. The summed E-state index contributed by atoms with van der Waals surface area (Å²) in [5.74, 6) is 0.530. The molecule has 0 saturated carbocycles. The van der Waals surface area contributed by atoms with Crippen LogP contribution in [0, 0.1) is 6.92 Å². The highest BCUT2D eigenvalue weighted by Crippen LogP contribution is 2.40. The molecule has 1 aliphatic rings. The number of ketones is 1. The molecule has 1 saturated heterocycles. The normalized spacial score (nSPS) is 16.7. The molecule has 0 aromatic heterocycles. The zero-order valence-electron chi connectivity index (χ0n) is 22.4. The Morgan fingerprint density at radius 1 is 0.921 bits per heavy atom. The van der Waals surface area contributed by atoms with Crippen LogP contribution in [0.15, 0.2) is 72.3 Å². The summed E-state index contributed by atoms with van der Waals surface area (Å²) in [6, 6.07) is 19.3. The number of carbonyl (C=O) groups is 2. The summed E-state index contributed by atoms with van der Waals surface area (Å²) in [6.07, 6.45) is 0.531. The average molecular weight is 516 g/mol. The number of benzene rings is 3. The van der Waals surface area contributed by atoms with E-state index in [1.54, 1.807) is 44.6 Å². The van der Waals surface area contributed by atoms with Gasteiger partial charge in [0.05, 0.1) is 31.9 Å². The number of aliphatic hydroxyl groups excluding tert-OH is 1. The number of rotatable bonds is 9. The average Bonchev–Trinajstić information content (AvgIpc) is 3.17. The van der Waals surface area contributed by atoms with Gasteiger partial charge in [0.2, 0.25) is 0 Å². The third kappa shape index (κ3) is 5.52. The Kier molecular flexibility index (Phi) is 8.05. The number of aliphatic hydroxyl groups is 1. The van der Waals surface area contributed by atoms with E-state index < -0.39 is 17.7 Å². The zero-order valence-corrected chi connectivity index (χ0v) is 22.4. The predicted octanol–water partition coefficient (Wildman–Crippen LogP) is 5.46. The van der Waals surface area contributed by atoms with Gasteiger partial charge in [0, 0.05) is 12.1 Å². The summed E-state index contributed by atoms with van der Waals surface area (Å²) in [5.41, 5.74) is 3.03. The number of ether oxygens (including phenoxy) is 3. The lowest BCUT2D eigenvalue weighted by Gasteiger charge is -2.25. The van der Waals surface area contributed by atoms with E-state index in [4.69, 9.17) is 14.2 Å². The summed E-state index contributed by atoms with van der Waals surface area (Å²) < 4.78 is 16.3. The van der Waals surface area contributed by atoms with E-state index >= 15 is 0 Å². The van der Waals surface area contributed by atoms with Crippen molar-refractivity contribution in [3.05, 3.63) is 94.6 Å². The smallest absolute Gasteiger partial charge is 0.295 e. The first-order chi connectivity index (χ1) is 18.2. The van der Waals surface area contributed by atoms with Gasteiger partial charge in [-0.3, -0.25) is 9.59 Å². The van der Waals surface area contributed by atoms with E-state index in [0.717, 1.165) is 16.9 Å². The Morgan fingerprint density at radius 2 is 1.53 bits per heavy atom. The van der Waals surface area contributed by atoms with Crippen LogP contribution in [-0.4, -0.2) is 48.6 Å². The highest BCUT2D eigenvalue weighted by atomic mass is 16.5. The molecule has 1 heterocycles. The van der Waals surface area contributed by atoms with E-state index in [1.807, 2.05) is 57.2 Å². The van der Waals surface area contributed by atoms with Crippen LogP contribution in [-0.2, 0) is 16.0 Å². The molecule has 1 fully saturated rings. The first kappa shape index (κ1) is 26.8. The van der Waals surface area contributed by atoms with E-state index in [-0.39, 0.29) is 17.4 Å². The molecule has 1 N–H and O–H groups in total. The van der Waals surface area contributed by atoms with E-state index in [0.29, 0.717) is 35.6 Å². The van der Waals surface area contributed by atoms with E-state index in [1.165, 1.54) is 4.90 Å². The quantitative estimate of drug-likeness (QED) is 0.231. The minimum absolute atomic E-state index is 0.000699. The minimum atomic E-state index is -0.744. The van der Waals surface area contributed by atoms with Crippen molar-refractivity contribution in [1.82, 2.24) is 4.90 Å². The molecule has 38 heavy (non-hydrogen) atoms. The molecule has 7 heteroatoms. The summed E-state index contributed by atoms with van der Waals surface area (Å²) >= 11 is 0. The molecule has 0 radical (unpaired) electrons. The van der Waals surface area contributed by atoms with Gasteiger partial charge < -0.3 is 24.2 Å². The van der Waals surface area contributed by atoms with Gasteiger partial charge in [0.25, 0.3) is 11.7 Å². The maximum Gasteiger partial charge on any atom is 0.295 e. The van der Waals surface area contributed by atoms with Crippen LogP contribution >= 0.6 is 0 Å². The van der Waals surface area contributed by atoms with Crippen LogP contribution in [0.5, 0.6) is 17.2 Å². The van der Waals surface area contributed by atoms with Crippen LogP contribution in [0.4, 0.5) is 0 Å². The van der Waals surface area contributed by atoms with Crippen molar-refractivity contribution in [2.45, 2.75) is 39.3 Å². The fraction of sp³-hybridized carbons (Fsp3) is 0.290. The third-order valence-corrected chi connectivity index (χ3v) is 6.58. The number of carbonyl (C=O) groups excluding carboxylic acids is 2. The fourth-order valence-electron chi connectivity index (χ4n) is 4.62. The van der Waals surface area contributed by atoms with Crippen molar-refractivity contribution in [1.29, 1.82) is 0 Å². The van der Waals surface area contributed by atoms with Gasteiger partial charge in [0.15, 0.2) is 0 Å². The van der Waals surface area contributed by atoms with Crippen molar-refractivity contribution in [3.8, 4) is 17.2 Å². The fourth-order valence-corrected chi connectivity index (χ4v) is 4.62. The number of likely N-dealkylation sites (tertiary alicyclic amines) is 1. The van der Waals surface area contributed by atoms with Gasteiger partial charge in [-0.1, -0.05) is 24.3 Å². The number of methoxy groups -OCH3 is 2. The second-order valence-electron chi connectivity index (χ2n) is 9.51. The van der Waals surface area contributed by atoms with Crippen LogP contribution < -0.4 is 14.2 Å². The maximum atomic E-state index is 13.4. The van der Waals surface area contributed by atoms with Crippen LogP contribution in [0.25, 0.3) is 5.76 Å². The highest BCUT2D eigenvalue weighted by Gasteiger charge is 2.45. The third-order valence-electron chi connectivity index (χ3n) is 6.58. The first-order valence-corrected chi connectivity index (χ1v) is 12.6. The molecule has 7 nitrogen and oxygen atoms in total. The summed E-state index contributed by atoms with van der Waals surface area (Å²) in [7, 11) is 3.18. The second kappa shape index (κ2) is 11.4. The number of aryl methyl sites for hydroxylation is 1. The van der Waals surface area contributed by atoms with E-state index in [9.17, 15) is 14.7 Å². The molecule has 198 valence electrons. The van der Waals surface area contributed by atoms with Gasteiger partial charge in [-0.2, -0.15) is 0 Å². The van der Waals surface area contributed by atoms with Crippen LogP contribution in [0.2, 0.25) is 0 Å². The monoisotopic (exact) mass is 515 g/mol. The summed E-state index contributed by atoms with van der Waals surface area (Å²) in [4.78, 5) is 28.2. The summed E-state index contributed by atoms with van der Waals surface area (Å²) in [5, 5.41) is 11.4. The molecule has 1 aliphatic heterocycles. The number of hydrogen-bond acceptors (Lipinski definition) is 6. The molecule has 0 aliphatic carbocycles. The van der Waals surface area contributed by atoms with Crippen LogP contribution in [0.1, 0.15) is 42.1 Å². The molecule has 3 aromatic carbocycles. The van der Waals surface area contributed by atoms with Gasteiger partial charge in [-0.25, -0.2) is 0 Å². The molecule has 4 rings (SSSR count). The lowest BCUT2D eigenvalue weighted by molar-refractivity contribution is -0.139. The predicted molar refractivity (Wildman–Crippen MR) is 146 cm³/mol. The largest absolute Gasteiger partial charge is 0.507 e. The van der Waals surface area contributed by atoms with Crippen LogP contribution in [0.3, 0.4) is 0 Å². The zero-order chi connectivity index (χ0) is 27.4. The summed E-state index contributed by atoms with van der Waals surface area (Å²) in [6.45, 7) is 6.05. The topological polar surface area (TPSA) is 85.3 Å². The highest BCUT2D eigenvalue weighted by molar-refractivity contribution is 6.46. The molecule has 1 unspecified atom stereocenters. The van der Waals surface area contributed by atoms with E-state index in [2.05, 4.69) is 0 Å². The van der Waals surface area contributed by atoms with Crippen molar-refractivity contribution in [2.24, 2.45) is 0 Å². The Bertz CT molecular complexity index is 1340. The van der Waals surface area contributed by atoms with Crippen molar-refractivity contribution >= 4 is 17.4 Å². The number of amides is 1. The molecule has 3 aromatic rings. The SMILES string of the molecule is COc1ccc(CCN2C(=O)C(=O)/C(=C(\O)c3ccc(OC(C)C)c(C)c3)C2c2ccc(OC)cc2)cc1. The van der Waals surface area contributed by atoms with Crippen molar-refractivity contribution < 1.29 is 28.9 Å². The Balaban J connectivity index is 1.74. The number of nitrogens with zero attached hydrogens (tertiary/aromatic N) is 1. The van der Waals surface area contributed by atoms with Gasteiger partial charge in [-0.05, 0) is 86.3 Å². The Labute approximate surface area is 223 Å². The molecule has 1 atom stereocenters. The molecule has 1 amide bonds. The van der Waals surface area contributed by atoms with Gasteiger partial charge >= 0.3 is 0 Å². The Morgan fingerprint density at radius 3 is 2.08 bits per heavy atom. The lowest BCUT2D eigenvalue weighted by Crippen LogP contribution is -2.31. The Hall–Kier alpha value is -4.26. The molecular weight excluding hydrogens is 482 g/mol. The molecule has 0 bridgehead atoms. The lowest BCUT2D eigenvalue weighted by atomic mass is 9.94. The maximum absolute atomic E-state index is 13.4. The first-order valence-electron chi connectivity index (χ1n) is 12.6. The van der Waals surface area contributed by atoms with Gasteiger partial charge in [0.1, 0.15) is 23.0 Å². The second-order valence-corrected chi connectivity index (χ2v) is 9.51. The van der Waals surface area contributed by atoms with Crippen molar-refractivity contribution in [2.75, 3.05) is 20.8 Å². The molecule has 0 spiro atoms.